The third kappa shape index (κ3) is 4.48. The Balaban J connectivity index is 1.42. The van der Waals surface area contributed by atoms with Gasteiger partial charge in [-0.3, -0.25) is 9.97 Å². The van der Waals surface area contributed by atoms with Gasteiger partial charge in [-0.25, -0.2) is 0 Å². The Morgan fingerprint density at radius 3 is 2.07 bits per heavy atom. The molecule has 0 N–H and O–H groups in total. The summed E-state index contributed by atoms with van der Waals surface area (Å²) in [5, 5.41) is 3.63. The van der Waals surface area contributed by atoms with Gasteiger partial charge in [0.15, 0.2) is 0 Å². The summed E-state index contributed by atoms with van der Waals surface area (Å²) < 4.78 is 0. The molecule has 2 heterocycles. The second kappa shape index (κ2) is 10.1. The molecule has 0 bridgehead atoms. The molecule has 0 atom stereocenters. The summed E-state index contributed by atoms with van der Waals surface area (Å²) in [5.41, 5.74) is 14.1. The van der Waals surface area contributed by atoms with Crippen molar-refractivity contribution in [2.24, 2.45) is 0 Å². The predicted octanol–water partition coefficient (Wildman–Crippen LogP) is 10.4. The summed E-state index contributed by atoms with van der Waals surface area (Å²) in [5.74, 6) is 0. The highest BCUT2D eigenvalue weighted by atomic mass is 14.7. The second-order valence-electron chi connectivity index (χ2n) is 10.8. The minimum atomic E-state index is 1.00. The lowest BCUT2D eigenvalue weighted by Gasteiger charge is -2.17. The molecule has 5 aromatic carbocycles. The normalized spacial score (nSPS) is 11.3. The summed E-state index contributed by atoms with van der Waals surface area (Å²) in [7, 11) is 0. The van der Waals surface area contributed by atoms with Crippen molar-refractivity contribution < 1.29 is 0 Å². The highest BCUT2D eigenvalue weighted by Gasteiger charge is 2.15. The van der Waals surface area contributed by atoms with Gasteiger partial charge in [-0.2, -0.15) is 0 Å². The van der Waals surface area contributed by atoms with Crippen molar-refractivity contribution in [1.29, 1.82) is 0 Å². The molecule has 0 aliphatic carbocycles. The number of benzene rings is 5. The van der Waals surface area contributed by atoms with Gasteiger partial charge in [-0.15, -0.1) is 0 Å². The average molecular weight is 527 g/mol. The maximum Gasteiger partial charge on any atom is 0.0714 e. The van der Waals surface area contributed by atoms with E-state index in [2.05, 4.69) is 130 Å². The van der Waals surface area contributed by atoms with Crippen LogP contribution in [0.4, 0.5) is 0 Å². The summed E-state index contributed by atoms with van der Waals surface area (Å²) in [6.07, 6.45) is 3.84. The van der Waals surface area contributed by atoms with Crippen LogP contribution in [0.5, 0.6) is 0 Å². The van der Waals surface area contributed by atoms with Crippen molar-refractivity contribution in [1.82, 2.24) is 9.97 Å². The Morgan fingerprint density at radius 2 is 1.22 bits per heavy atom. The Morgan fingerprint density at radius 1 is 0.439 bits per heavy atom. The number of rotatable bonds is 4. The first-order chi connectivity index (χ1) is 20.1. The van der Waals surface area contributed by atoms with Gasteiger partial charge in [0.2, 0.25) is 0 Å². The predicted molar refractivity (Wildman–Crippen MR) is 173 cm³/mol. The molecule has 0 amide bonds. The number of hydrogen-bond acceptors (Lipinski definition) is 2. The summed E-state index contributed by atoms with van der Waals surface area (Å²) in [4.78, 5) is 9.48. The van der Waals surface area contributed by atoms with Crippen LogP contribution in [-0.2, 0) is 0 Å². The molecule has 7 rings (SSSR count). The van der Waals surface area contributed by atoms with Gasteiger partial charge < -0.3 is 0 Å². The lowest BCUT2D eigenvalue weighted by atomic mass is 9.88. The zero-order chi connectivity index (χ0) is 27.9. The van der Waals surface area contributed by atoms with Crippen LogP contribution in [-0.4, -0.2) is 9.97 Å². The molecule has 0 fully saturated rings. The minimum absolute atomic E-state index is 1.00. The fourth-order valence-electron chi connectivity index (χ4n) is 5.88. The quantitative estimate of drug-likeness (QED) is 0.213. The van der Waals surface area contributed by atoms with Crippen molar-refractivity contribution in [3.8, 4) is 44.6 Å². The first kappa shape index (κ1) is 24.9. The number of hydrogen-bond donors (Lipinski definition) is 0. The van der Waals surface area contributed by atoms with E-state index in [1.54, 1.807) is 0 Å². The Hall–Kier alpha value is -5.08. The van der Waals surface area contributed by atoms with Crippen LogP contribution >= 0.6 is 0 Å². The van der Waals surface area contributed by atoms with Gasteiger partial charge in [0.1, 0.15) is 0 Å². The molecule has 0 saturated carbocycles. The largest absolute Gasteiger partial charge is 0.256 e. The number of aryl methyl sites for hydroxylation is 2. The monoisotopic (exact) mass is 526 g/mol. The van der Waals surface area contributed by atoms with Gasteiger partial charge >= 0.3 is 0 Å². The van der Waals surface area contributed by atoms with E-state index in [1.165, 1.54) is 66.2 Å². The number of nitrogens with zero attached hydrogens (tertiary/aromatic N) is 2. The lowest BCUT2D eigenvalue weighted by Crippen LogP contribution is -1.93. The van der Waals surface area contributed by atoms with Gasteiger partial charge in [0, 0.05) is 23.3 Å². The van der Waals surface area contributed by atoms with E-state index in [0.717, 1.165) is 16.8 Å². The van der Waals surface area contributed by atoms with E-state index in [1.807, 2.05) is 18.5 Å². The number of fused-ring (bicyclic) bond motifs is 3. The van der Waals surface area contributed by atoms with Gasteiger partial charge in [0.25, 0.3) is 0 Å². The molecule has 2 nitrogen and oxygen atoms in total. The highest BCUT2D eigenvalue weighted by molar-refractivity contribution is 6.14. The molecule has 0 saturated heterocycles. The maximum absolute atomic E-state index is 4.76. The molecule has 2 heteroatoms. The van der Waals surface area contributed by atoms with Gasteiger partial charge in [-0.05, 0) is 112 Å². The van der Waals surface area contributed by atoms with Crippen molar-refractivity contribution in [2.75, 3.05) is 0 Å². The molecule has 2 aromatic heterocycles. The Bertz CT molecular complexity index is 2070. The van der Waals surface area contributed by atoms with Crippen molar-refractivity contribution in [3.63, 3.8) is 0 Å². The van der Waals surface area contributed by atoms with E-state index < -0.39 is 0 Å². The topological polar surface area (TPSA) is 25.8 Å². The first-order valence-corrected chi connectivity index (χ1v) is 14.1. The Labute approximate surface area is 241 Å². The fourth-order valence-corrected chi connectivity index (χ4v) is 5.88. The molecular formula is C39H30N2. The van der Waals surface area contributed by atoms with Crippen LogP contribution in [0.25, 0.3) is 66.3 Å². The van der Waals surface area contributed by atoms with E-state index in [4.69, 9.17) is 9.97 Å². The van der Waals surface area contributed by atoms with Crippen LogP contribution in [0.2, 0.25) is 0 Å². The fraction of sp³-hybridized carbons (Fsp3) is 0.0769. The zero-order valence-electron chi connectivity index (χ0n) is 23.5. The minimum Gasteiger partial charge on any atom is -0.256 e. The second-order valence-corrected chi connectivity index (χ2v) is 10.8. The van der Waals surface area contributed by atoms with E-state index in [0.29, 0.717) is 0 Å². The molecule has 0 aliphatic heterocycles. The molecular weight excluding hydrogens is 496 g/mol. The lowest BCUT2D eigenvalue weighted by molar-refractivity contribution is 1.22. The van der Waals surface area contributed by atoms with Crippen molar-refractivity contribution >= 4 is 21.7 Å². The first-order valence-electron chi connectivity index (χ1n) is 14.1. The van der Waals surface area contributed by atoms with Crippen molar-refractivity contribution in [2.45, 2.75) is 20.8 Å². The van der Waals surface area contributed by atoms with E-state index in [9.17, 15) is 0 Å². The molecule has 0 radical (unpaired) electrons. The van der Waals surface area contributed by atoms with Crippen LogP contribution in [0.15, 0.2) is 128 Å². The van der Waals surface area contributed by atoms with Crippen LogP contribution < -0.4 is 0 Å². The Kier molecular flexibility index (Phi) is 6.17. The van der Waals surface area contributed by atoms with Crippen molar-refractivity contribution in [3.05, 3.63) is 144 Å². The molecule has 196 valence electrons. The van der Waals surface area contributed by atoms with Crippen LogP contribution in [0.3, 0.4) is 0 Å². The number of aromatic nitrogens is 2. The smallest absolute Gasteiger partial charge is 0.0714 e. The molecule has 0 aliphatic rings. The van der Waals surface area contributed by atoms with Crippen LogP contribution in [0.1, 0.15) is 16.7 Å². The third-order valence-corrected chi connectivity index (χ3v) is 8.29. The maximum atomic E-state index is 4.76. The average Bonchev–Trinajstić information content (AvgIpc) is 3.02. The third-order valence-electron chi connectivity index (χ3n) is 8.29. The van der Waals surface area contributed by atoms with E-state index in [-0.39, 0.29) is 0 Å². The summed E-state index contributed by atoms with van der Waals surface area (Å²) >= 11 is 0. The molecule has 0 unspecified atom stereocenters. The SMILES string of the molecule is Cc1cnc(-c2cccc(-c3cccc(-c4cc5ncccc5c5ccc(-c6ccccc6)cc45)c3C)c2)cc1C. The summed E-state index contributed by atoms with van der Waals surface area (Å²) in [6, 6.07) is 41.4. The van der Waals surface area contributed by atoms with Gasteiger partial charge in [0.05, 0.1) is 11.2 Å². The van der Waals surface area contributed by atoms with Crippen LogP contribution in [0, 0.1) is 20.8 Å². The zero-order valence-corrected chi connectivity index (χ0v) is 23.5. The highest BCUT2D eigenvalue weighted by Crippen LogP contribution is 2.40. The molecule has 7 aromatic rings. The molecule has 41 heavy (non-hydrogen) atoms. The molecule has 0 spiro atoms. The van der Waals surface area contributed by atoms with E-state index >= 15 is 0 Å². The summed E-state index contributed by atoms with van der Waals surface area (Å²) in [6.45, 7) is 6.48. The standard InChI is InChI=1S/C39H30N2/c1-25-20-38(41-24-26(25)2)31-13-7-12-30(21-31)32-14-8-15-33(27(32)3)37-23-39-35(16-9-19-40-39)34-18-17-29(22-36(34)37)28-10-5-4-6-11-28/h4-24H,1-3H3. The number of pyridine rings is 2. The van der Waals surface area contributed by atoms with Gasteiger partial charge in [-0.1, -0.05) is 84.9 Å².